The molecule has 28 heavy (non-hydrogen) atoms. The number of anilines is 1. The average molecular weight is 401 g/mol. The zero-order valence-electron chi connectivity index (χ0n) is 15.3. The second kappa shape index (κ2) is 8.14. The Balaban J connectivity index is 1.32. The lowest BCUT2D eigenvalue weighted by atomic mass is 10.0. The largest absolute Gasteiger partial charge is 0.473 e. The van der Waals surface area contributed by atoms with E-state index in [1.807, 2.05) is 17.0 Å². The highest BCUT2D eigenvalue weighted by atomic mass is 35.5. The molecule has 1 aromatic carbocycles. The second-order valence-electron chi connectivity index (χ2n) is 7.07. The van der Waals surface area contributed by atoms with Gasteiger partial charge in [-0.3, -0.25) is 14.6 Å². The Kier molecular flexibility index (Phi) is 5.43. The molecule has 2 aromatic rings. The predicted octanol–water partition coefficient (Wildman–Crippen LogP) is 2.55. The predicted molar refractivity (Wildman–Crippen MR) is 104 cm³/mol. The van der Waals surface area contributed by atoms with Gasteiger partial charge in [0.25, 0.3) is 0 Å². The molecular weight excluding hydrogens is 380 g/mol. The van der Waals surface area contributed by atoms with Gasteiger partial charge in [0.05, 0.1) is 12.1 Å². The van der Waals surface area contributed by atoms with Crippen molar-refractivity contribution in [1.82, 2.24) is 14.9 Å². The molecule has 1 unspecified atom stereocenters. The summed E-state index contributed by atoms with van der Waals surface area (Å²) in [6.45, 7) is 1.65. The van der Waals surface area contributed by atoms with Crippen molar-refractivity contribution in [3.63, 3.8) is 0 Å². The molecule has 0 bridgehead atoms. The zero-order valence-corrected chi connectivity index (χ0v) is 16.1. The molecule has 2 saturated heterocycles. The van der Waals surface area contributed by atoms with E-state index in [1.54, 1.807) is 35.6 Å². The number of aromatic nitrogens is 2. The van der Waals surface area contributed by atoms with Crippen LogP contribution < -0.4 is 9.64 Å². The van der Waals surface area contributed by atoms with Gasteiger partial charge in [-0.1, -0.05) is 11.6 Å². The number of amides is 2. The summed E-state index contributed by atoms with van der Waals surface area (Å²) in [6, 6.07) is 7.12. The first-order valence-electron chi connectivity index (χ1n) is 9.37. The molecule has 1 atom stereocenters. The summed E-state index contributed by atoms with van der Waals surface area (Å²) in [5.41, 5.74) is 0.778. The summed E-state index contributed by atoms with van der Waals surface area (Å²) < 4.78 is 5.83. The van der Waals surface area contributed by atoms with Crippen LogP contribution in [0.1, 0.15) is 19.3 Å². The molecule has 0 aliphatic carbocycles. The second-order valence-corrected chi connectivity index (χ2v) is 7.50. The number of piperidine rings is 1. The van der Waals surface area contributed by atoms with E-state index in [0.717, 1.165) is 18.5 Å². The van der Waals surface area contributed by atoms with Crippen LogP contribution in [0.15, 0.2) is 42.9 Å². The molecule has 3 heterocycles. The van der Waals surface area contributed by atoms with Crippen LogP contribution in [0.4, 0.5) is 5.69 Å². The first-order chi connectivity index (χ1) is 13.6. The lowest BCUT2D eigenvalue weighted by Gasteiger charge is -2.33. The Morgan fingerprint density at radius 1 is 1.14 bits per heavy atom. The molecule has 1 aromatic heterocycles. The summed E-state index contributed by atoms with van der Waals surface area (Å²) in [4.78, 5) is 36.9. The Hall–Kier alpha value is -2.67. The molecule has 0 radical (unpaired) electrons. The number of hydrogen-bond acceptors (Lipinski definition) is 5. The minimum atomic E-state index is -0.305. The molecule has 4 rings (SSSR count). The maximum absolute atomic E-state index is 12.9. The first kappa shape index (κ1) is 18.7. The van der Waals surface area contributed by atoms with Gasteiger partial charge in [0.1, 0.15) is 6.10 Å². The third-order valence-corrected chi connectivity index (χ3v) is 5.45. The molecule has 8 heteroatoms. The van der Waals surface area contributed by atoms with Crippen molar-refractivity contribution in [3.8, 4) is 5.88 Å². The molecule has 2 fully saturated rings. The SMILES string of the molecule is O=C(C1CC(=O)N(c2ccc(Cl)cc2)C1)N1CCC(Oc2cnccn2)CC1. The third kappa shape index (κ3) is 4.09. The first-order valence-corrected chi connectivity index (χ1v) is 9.75. The number of rotatable bonds is 4. The van der Waals surface area contributed by atoms with E-state index in [-0.39, 0.29) is 30.3 Å². The lowest BCUT2D eigenvalue weighted by Crippen LogP contribution is -2.45. The van der Waals surface area contributed by atoms with Crippen LogP contribution in [0.2, 0.25) is 5.02 Å². The topological polar surface area (TPSA) is 75.6 Å². The molecule has 0 spiro atoms. The molecule has 146 valence electrons. The molecule has 2 amide bonds. The van der Waals surface area contributed by atoms with Crippen LogP contribution in [0.5, 0.6) is 5.88 Å². The van der Waals surface area contributed by atoms with Crippen LogP contribution in [-0.2, 0) is 9.59 Å². The quantitative estimate of drug-likeness (QED) is 0.788. The van der Waals surface area contributed by atoms with Crippen molar-refractivity contribution < 1.29 is 14.3 Å². The van der Waals surface area contributed by atoms with Gasteiger partial charge in [0, 0.05) is 62.0 Å². The van der Waals surface area contributed by atoms with Gasteiger partial charge in [0.2, 0.25) is 17.7 Å². The highest BCUT2D eigenvalue weighted by Crippen LogP contribution is 2.28. The normalized spacial score (nSPS) is 20.5. The van der Waals surface area contributed by atoms with Crippen LogP contribution >= 0.6 is 11.6 Å². The number of carbonyl (C=O) groups excluding carboxylic acids is 2. The number of benzene rings is 1. The van der Waals surface area contributed by atoms with Crippen molar-refractivity contribution in [2.75, 3.05) is 24.5 Å². The van der Waals surface area contributed by atoms with Crippen LogP contribution in [0.25, 0.3) is 0 Å². The summed E-state index contributed by atoms with van der Waals surface area (Å²) in [5, 5.41) is 0.620. The fraction of sp³-hybridized carbons (Fsp3) is 0.400. The van der Waals surface area contributed by atoms with Gasteiger partial charge in [-0.2, -0.15) is 0 Å². The smallest absolute Gasteiger partial charge is 0.232 e. The van der Waals surface area contributed by atoms with Crippen molar-refractivity contribution >= 4 is 29.1 Å². The molecule has 2 aliphatic rings. The molecule has 7 nitrogen and oxygen atoms in total. The Morgan fingerprint density at radius 2 is 1.89 bits per heavy atom. The van der Waals surface area contributed by atoms with Gasteiger partial charge in [0.15, 0.2) is 0 Å². The average Bonchev–Trinajstić information content (AvgIpc) is 3.11. The minimum absolute atomic E-state index is 0.0246. The third-order valence-electron chi connectivity index (χ3n) is 5.19. The van der Waals surface area contributed by atoms with Crippen molar-refractivity contribution in [3.05, 3.63) is 47.9 Å². The van der Waals surface area contributed by atoms with E-state index >= 15 is 0 Å². The fourth-order valence-electron chi connectivity index (χ4n) is 3.71. The van der Waals surface area contributed by atoms with Gasteiger partial charge >= 0.3 is 0 Å². The number of halogens is 1. The van der Waals surface area contributed by atoms with Gasteiger partial charge < -0.3 is 14.5 Å². The van der Waals surface area contributed by atoms with Gasteiger partial charge in [-0.25, -0.2) is 4.98 Å². The Labute approximate surface area is 168 Å². The number of nitrogens with zero attached hydrogens (tertiary/aromatic N) is 4. The van der Waals surface area contributed by atoms with Crippen molar-refractivity contribution in [2.24, 2.45) is 5.92 Å². The highest BCUT2D eigenvalue weighted by molar-refractivity contribution is 6.30. The lowest BCUT2D eigenvalue weighted by molar-refractivity contribution is -0.137. The van der Waals surface area contributed by atoms with E-state index in [0.29, 0.717) is 30.5 Å². The standard InChI is InChI=1S/C20H21ClN4O3/c21-15-1-3-16(4-2-15)25-13-14(11-19(25)26)20(27)24-9-5-17(6-10-24)28-18-12-22-7-8-23-18/h1-4,7-8,12,14,17H,5-6,9-11,13H2. The zero-order chi connectivity index (χ0) is 19.5. The number of ether oxygens (including phenoxy) is 1. The monoisotopic (exact) mass is 400 g/mol. The highest BCUT2D eigenvalue weighted by Gasteiger charge is 2.38. The van der Waals surface area contributed by atoms with E-state index in [2.05, 4.69) is 9.97 Å². The number of likely N-dealkylation sites (tertiary alicyclic amines) is 1. The van der Waals surface area contributed by atoms with E-state index in [4.69, 9.17) is 16.3 Å². The van der Waals surface area contributed by atoms with E-state index in [9.17, 15) is 9.59 Å². The van der Waals surface area contributed by atoms with Crippen LogP contribution in [0, 0.1) is 5.92 Å². The molecular formula is C20H21ClN4O3. The maximum atomic E-state index is 12.9. The summed E-state index contributed by atoms with van der Waals surface area (Å²) >= 11 is 5.92. The number of carbonyl (C=O) groups is 2. The van der Waals surface area contributed by atoms with Gasteiger partial charge in [-0.05, 0) is 24.3 Å². The van der Waals surface area contributed by atoms with Gasteiger partial charge in [-0.15, -0.1) is 0 Å². The molecule has 0 N–H and O–H groups in total. The Bertz CT molecular complexity index is 838. The molecule has 2 aliphatic heterocycles. The molecule has 0 saturated carbocycles. The van der Waals surface area contributed by atoms with Crippen molar-refractivity contribution in [1.29, 1.82) is 0 Å². The number of hydrogen-bond donors (Lipinski definition) is 0. The van der Waals surface area contributed by atoms with E-state index < -0.39 is 0 Å². The van der Waals surface area contributed by atoms with Crippen LogP contribution in [-0.4, -0.2) is 52.4 Å². The Morgan fingerprint density at radius 3 is 2.57 bits per heavy atom. The summed E-state index contributed by atoms with van der Waals surface area (Å²) in [6.07, 6.45) is 6.54. The fourth-order valence-corrected chi connectivity index (χ4v) is 3.84. The van der Waals surface area contributed by atoms with Crippen LogP contribution in [0.3, 0.4) is 0 Å². The van der Waals surface area contributed by atoms with Crippen molar-refractivity contribution in [2.45, 2.75) is 25.4 Å². The maximum Gasteiger partial charge on any atom is 0.232 e. The van der Waals surface area contributed by atoms with E-state index in [1.165, 1.54) is 0 Å². The summed E-state index contributed by atoms with van der Waals surface area (Å²) in [7, 11) is 0. The summed E-state index contributed by atoms with van der Waals surface area (Å²) in [5.74, 6) is 0.220. The minimum Gasteiger partial charge on any atom is -0.473 e.